The molecule has 0 aromatic heterocycles. The maximum atomic E-state index is 11.5. The van der Waals surface area contributed by atoms with Crippen LogP contribution in [0.4, 0.5) is 0 Å². The van der Waals surface area contributed by atoms with E-state index in [-0.39, 0.29) is 23.8 Å². The lowest BCUT2D eigenvalue weighted by atomic mass is 9.75. The lowest BCUT2D eigenvalue weighted by Crippen LogP contribution is -2.44. The molecule has 20 heavy (non-hydrogen) atoms. The second-order valence-electron chi connectivity index (χ2n) is 5.55. The first kappa shape index (κ1) is 17.0. The minimum absolute atomic E-state index is 0. The molecular formula is C15H23ClN2O2. The monoisotopic (exact) mass is 298 g/mol. The molecule has 0 aliphatic carbocycles. The van der Waals surface area contributed by atoms with Crippen LogP contribution in [0.2, 0.25) is 0 Å². The number of benzene rings is 1. The quantitative estimate of drug-likeness (QED) is 0.900. The fourth-order valence-corrected chi connectivity index (χ4v) is 3.63. The van der Waals surface area contributed by atoms with Gasteiger partial charge in [-0.05, 0) is 55.8 Å². The van der Waals surface area contributed by atoms with Crippen LogP contribution in [0.3, 0.4) is 0 Å². The summed E-state index contributed by atoms with van der Waals surface area (Å²) in [7, 11) is 0. The Morgan fingerprint density at radius 2 is 1.95 bits per heavy atom. The van der Waals surface area contributed by atoms with Gasteiger partial charge >= 0.3 is 0 Å². The van der Waals surface area contributed by atoms with Crippen molar-refractivity contribution in [1.82, 2.24) is 4.90 Å². The summed E-state index contributed by atoms with van der Waals surface area (Å²) in [5.41, 5.74) is 7.40. The molecule has 112 valence electrons. The highest BCUT2D eigenvalue weighted by Crippen LogP contribution is 2.39. The van der Waals surface area contributed by atoms with Crippen molar-refractivity contribution in [3.8, 4) is 0 Å². The molecular weight excluding hydrogens is 276 g/mol. The Hall–Kier alpha value is -1.10. The van der Waals surface area contributed by atoms with E-state index in [1.54, 1.807) is 0 Å². The van der Waals surface area contributed by atoms with Gasteiger partial charge in [-0.25, -0.2) is 0 Å². The molecule has 4 N–H and O–H groups in total. The zero-order valence-corrected chi connectivity index (χ0v) is 12.4. The summed E-state index contributed by atoms with van der Waals surface area (Å²) in [6.45, 7) is 3.60. The van der Waals surface area contributed by atoms with Gasteiger partial charge in [0.2, 0.25) is 5.91 Å². The number of fused-ring (bicyclic) bond motifs is 2. The van der Waals surface area contributed by atoms with Gasteiger partial charge in [0, 0.05) is 12.1 Å². The summed E-state index contributed by atoms with van der Waals surface area (Å²) in [4.78, 5) is 14.1. The van der Waals surface area contributed by atoms with Crippen LogP contribution in [-0.2, 0) is 0 Å². The molecule has 3 unspecified atom stereocenters. The van der Waals surface area contributed by atoms with Crippen LogP contribution in [0, 0.1) is 5.92 Å². The molecule has 0 radical (unpaired) electrons. The molecule has 3 atom stereocenters. The summed E-state index contributed by atoms with van der Waals surface area (Å²) in [5, 5.41) is 0. The average Bonchev–Trinajstić information content (AvgIpc) is 2.39. The highest BCUT2D eigenvalue weighted by atomic mass is 35.5. The number of primary amides is 1. The molecule has 1 amide bonds. The Morgan fingerprint density at radius 1 is 1.20 bits per heavy atom. The molecule has 2 bridgehead atoms. The van der Waals surface area contributed by atoms with E-state index in [9.17, 15) is 4.79 Å². The van der Waals surface area contributed by atoms with Gasteiger partial charge in [0.15, 0.2) is 0 Å². The molecule has 3 rings (SSSR count). The summed E-state index contributed by atoms with van der Waals surface area (Å²) >= 11 is 0. The molecule has 5 heteroatoms. The number of amides is 1. The molecule has 0 spiro atoms. The van der Waals surface area contributed by atoms with Crippen molar-refractivity contribution in [1.29, 1.82) is 0 Å². The number of carbonyl (C=O) groups is 1. The number of nitrogens with two attached hydrogens (primary N) is 1. The Labute approximate surface area is 126 Å². The summed E-state index contributed by atoms with van der Waals surface area (Å²) in [6.07, 6.45) is 3.74. The Kier molecular flexibility index (Phi) is 5.99. The highest BCUT2D eigenvalue weighted by Gasteiger charge is 2.34. The Bertz CT molecular complexity index is 467. The first-order valence-electron chi connectivity index (χ1n) is 6.87. The van der Waals surface area contributed by atoms with Crippen molar-refractivity contribution >= 4 is 18.3 Å². The number of hydrogen-bond acceptors (Lipinski definition) is 2. The molecule has 1 aromatic rings. The number of halogens is 1. The maximum absolute atomic E-state index is 11.5. The van der Waals surface area contributed by atoms with E-state index in [1.807, 2.05) is 18.2 Å². The Balaban J connectivity index is 0.000001000. The van der Waals surface area contributed by atoms with E-state index < -0.39 is 0 Å². The largest absolute Gasteiger partial charge is 0.412 e. The number of rotatable bonds is 2. The SMILES string of the molecule is Cl.NC(=O)c1ccccc1C1CCN2CCCC1C2.O. The molecule has 0 saturated carbocycles. The van der Waals surface area contributed by atoms with Gasteiger partial charge in [-0.2, -0.15) is 0 Å². The van der Waals surface area contributed by atoms with Crippen LogP contribution in [-0.4, -0.2) is 35.9 Å². The highest BCUT2D eigenvalue weighted by molar-refractivity contribution is 5.94. The van der Waals surface area contributed by atoms with Gasteiger partial charge in [-0.15, -0.1) is 12.4 Å². The minimum atomic E-state index is -0.288. The van der Waals surface area contributed by atoms with E-state index in [0.29, 0.717) is 11.8 Å². The predicted octanol–water partition coefficient (Wildman–Crippen LogP) is 1.58. The third-order valence-corrected chi connectivity index (χ3v) is 4.49. The fraction of sp³-hybridized carbons (Fsp3) is 0.533. The standard InChI is InChI=1S/C15H20N2O.ClH.H2O/c16-15(18)14-6-2-1-5-13(14)12-7-9-17-8-3-4-11(12)10-17;;/h1-2,5-6,11-12H,3-4,7-10H2,(H2,16,18);1H;1H2. The first-order valence-corrected chi connectivity index (χ1v) is 6.87. The van der Waals surface area contributed by atoms with Crippen molar-refractivity contribution in [3.63, 3.8) is 0 Å². The smallest absolute Gasteiger partial charge is 0.248 e. The molecule has 2 fully saturated rings. The number of hydrogen-bond donors (Lipinski definition) is 1. The molecule has 2 aliphatic heterocycles. The summed E-state index contributed by atoms with van der Waals surface area (Å²) in [5.74, 6) is 0.932. The van der Waals surface area contributed by atoms with Crippen LogP contribution in [0.5, 0.6) is 0 Å². The third-order valence-electron chi connectivity index (χ3n) is 4.49. The van der Waals surface area contributed by atoms with Crippen LogP contribution in [0.1, 0.15) is 41.1 Å². The lowest BCUT2D eigenvalue weighted by Gasteiger charge is -2.43. The molecule has 1 aromatic carbocycles. The second-order valence-corrected chi connectivity index (χ2v) is 5.55. The summed E-state index contributed by atoms with van der Waals surface area (Å²) < 4.78 is 0. The molecule has 2 heterocycles. The van der Waals surface area contributed by atoms with Gasteiger partial charge in [0.05, 0.1) is 0 Å². The van der Waals surface area contributed by atoms with Crippen molar-refractivity contribution < 1.29 is 10.3 Å². The van der Waals surface area contributed by atoms with Crippen molar-refractivity contribution in [2.24, 2.45) is 11.7 Å². The van der Waals surface area contributed by atoms with Gasteiger partial charge in [-0.1, -0.05) is 18.2 Å². The minimum Gasteiger partial charge on any atom is -0.412 e. The van der Waals surface area contributed by atoms with Crippen LogP contribution >= 0.6 is 12.4 Å². The van der Waals surface area contributed by atoms with E-state index in [2.05, 4.69) is 11.0 Å². The predicted molar refractivity (Wildman–Crippen MR) is 82.3 cm³/mol. The van der Waals surface area contributed by atoms with E-state index in [0.717, 1.165) is 18.5 Å². The van der Waals surface area contributed by atoms with E-state index in [1.165, 1.54) is 31.5 Å². The van der Waals surface area contributed by atoms with Gasteiger partial charge in [0.25, 0.3) is 0 Å². The normalized spacial score (nSPS) is 27.9. The summed E-state index contributed by atoms with van der Waals surface area (Å²) in [6, 6.07) is 7.89. The topological polar surface area (TPSA) is 77.8 Å². The van der Waals surface area contributed by atoms with Crippen LogP contribution < -0.4 is 5.73 Å². The average molecular weight is 299 g/mol. The van der Waals surface area contributed by atoms with Gasteiger partial charge in [-0.3, -0.25) is 4.79 Å². The Morgan fingerprint density at radius 3 is 2.70 bits per heavy atom. The molecule has 2 aliphatic rings. The second kappa shape index (κ2) is 7.07. The zero-order chi connectivity index (χ0) is 12.5. The van der Waals surface area contributed by atoms with Crippen molar-refractivity contribution in [2.75, 3.05) is 19.6 Å². The lowest BCUT2D eigenvalue weighted by molar-refractivity contribution is 0.0975. The van der Waals surface area contributed by atoms with E-state index in [4.69, 9.17) is 5.73 Å². The van der Waals surface area contributed by atoms with Gasteiger partial charge < -0.3 is 16.1 Å². The first-order chi connectivity index (χ1) is 8.75. The number of piperidine rings is 2. The number of nitrogens with zero attached hydrogens (tertiary/aromatic N) is 1. The zero-order valence-electron chi connectivity index (χ0n) is 11.5. The van der Waals surface area contributed by atoms with Gasteiger partial charge in [0.1, 0.15) is 0 Å². The van der Waals surface area contributed by atoms with Crippen LogP contribution in [0.15, 0.2) is 24.3 Å². The van der Waals surface area contributed by atoms with Crippen LogP contribution in [0.25, 0.3) is 0 Å². The third kappa shape index (κ3) is 3.14. The maximum Gasteiger partial charge on any atom is 0.248 e. The van der Waals surface area contributed by atoms with Crippen molar-refractivity contribution in [2.45, 2.75) is 25.2 Å². The molecule has 4 nitrogen and oxygen atoms in total. The van der Waals surface area contributed by atoms with E-state index >= 15 is 0 Å². The van der Waals surface area contributed by atoms with Crippen molar-refractivity contribution in [3.05, 3.63) is 35.4 Å². The fourth-order valence-electron chi connectivity index (χ4n) is 3.63. The molecule has 2 saturated heterocycles. The number of carbonyl (C=O) groups excluding carboxylic acids is 1.